The molecular weight excluding hydrogens is 186 g/mol. The van der Waals surface area contributed by atoms with E-state index in [0.29, 0.717) is 5.92 Å². The molecule has 1 aliphatic rings. The van der Waals surface area contributed by atoms with E-state index in [1.807, 2.05) is 6.07 Å². The molecule has 2 unspecified atom stereocenters. The lowest BCUT2D eigenvalue weighted by Crippen LogP contribution is -2.26. The number of benzene rings is 1. The second-order valence-corrected chi connectivity index (χ2v) is 4.69. The predicted octanol–water partition coefficient (Wildman–Crippen LogP) is 2.28. The maximum atomic E-state index is 6.15. The zero-order chi connectivity index (χ0) is 10.8. The lowest BCUT2D eigenvalue weighted by Gasteiger charge is -2.18. The van der Waals surface area contributed by atoms with Gasteiger partial charge >= 0.3 is 0 Å². The molecule has 1 aromatic carbocycles. The molecule has 2 rings (SSSR count). The van der Waals surface area contributed by atoms with Crippen molar-refractivity contribution < 1.29 is 4.74 Å². The van der Waals surface area contributed by atoms with E-state index in [1.165, 1.54) is 11.1 Å². The SMILES string of the molecule is CC(C)COC1Cc2ccccc2C1N. The molecule has 0 fully saturated rings. The van der Waals surface area contributed by atoms with Crippen LogP contribution in [0.3, 0.4) is 0 Å². The van der Waals surface area contributed by atoms with Gasteiger partial charge in [-0.05, 0) is 17.0 Å². The number of fused-ring (bicyclic) bond motifs is 1. The highest BCUT2D eigenvalue weighted by molar-refractivity contribution is 5.36. The standard InChI is InChI=1S/C13H19NO/c1-9(2)8-15-12-7-10-5-3-4-6-11(10)13(12)14/h3-6,9,12-13H,7-8,14H2,1-2H3. The average Bonchev–Trinajstić information content (AvgIpc) is 2.54. The van der Waals surface area contributed by atoms with Crippen molar-refractivity contribution in [1.82, 2.24) is 0 Å². The van der Waals surface area contributed by atoms with Gasteiger partial charge in [0.25, 0.3) is 0 Å². The summed E-state index contributed by atoms with van der Waals surface area (Å²) in [5.41, 5.74) is 8.75. The number of hydrogen-bond acceptors (Lipinski definition) is 2. The Balaban J connectivity index is 2.03. The van der Waals surface area contributed by atoms with Gasteiger partial charge in [-0.15, -0.1) is 0 Å². The summed E-state index contributed by atoms with van der Waals surface area (Å²) < 4.78 is 5.83. The monoisotopic (exact) mass is 205 g/mol. The van der Waals surface area contributed by atoms with Gasteiger partial charge in [0.15, 0.2) is 0 Å². The third-order valence-electron chi connectivity index (χ3n) is 2.88. The summed E-state index contributed by atoms with van der Waals surface area (Å²) in [6.45, 7) is 5.12. The van der Waals surface area contributed by atoms with Crippen LogP contribution in [0.25, 0.3) is 0 Å². The lowest BCUT2D eigenvalue weighted by molar-refractivity contribution is 0.0273. The Morgan fingerprint density at radius 2 is 2.13 bits per heavy atom. The van der Waals surface area contributed by atoms with Crippen molar-refractivity contribution in [2.75, 3.05) is 6.61 Å². The van der Waals surface area contributed by atoms with Gasteiger partial charge in [0.2, 0.25) is 0 Å². The fourth-order valence-corrected chi connectivity index (χ4v) is 2.07. The molecule has 0 radical (unpaired) electrons. The quantitative estimate of drug-likeness (QED) is 0.821. The minimum Gasteiger partial charge on any atom is -0.376 e. The summed E-state index contributed by atoms with van der Waals surface area (Å²) in [7, 11) is 0. The number of rotatable bonds is 3. The molecule has 2 atom stereocenters. The third kappa shape index (κ3) is 2.21. The first-order valence-electron chi connectivity index (χ1n) is 5.63. The summed E-state index contributed by atoms with van der Waals surface area (Å²) >= 11 is 0. The Bertz CT molecular complexity index is 335. The molecule has 15 heavy (non-hydrogen) atoms. The Hall–Kier alpha value is -0.860. The molecule has 2 nitrogen and oxygen atoms in total. The molecule has 0 aromatic heterocycles. The second-order valence-electron chi connectivity index (χ2n) is 4.69. The molecule has 0 bridgehead atoms. The van der Waals surface area contributed by atoms with Gasteiger partial charge in [0, 0.05) is 13.0 Å². The van der Waals surface area contributed by atoms with Crippen LogP contribution in [-0.4, -0.2) is 12.7 Å². The van der Waals surface area contributed by atoms with E-state index in [4.69, 9.17) is 10.5 Å². The average molecular weight is 205 g/mol. The van der Waals surface area contributed by atoms with Crippen LogP contribution in [0.2, 0.25) is 0 Å². The fourth-order valence-electron chi connectivity index (χ4n) is 2.07. The van der Waals surface area contributed by atoms with Gasteiger partial charge in [-0.1, -0.05) is 38.1 Å². The van der Waals surface area contributed by atoms with Crippen molar-refractivity contribution in [3.8, 4) is 0 Å². The van der Waals surface area contributed by atoms with Crippen LogP contribution in [-0.2, 0) is 11.2 Å². The first-order valence-corrected chi connectivity index (χ1v) is 5.63. The van der Waals surface area contributed by atoms with Crippen LogP contribution in [0, 0.1) is 5.92 Å². The molecule has 0 heterocycles. The Labute approximate surface area is 91.4 Å². The van der Waals surface area contributed by atoms with Crippen LogP contribution in [0.1, 0.15) is 31.0 Å². The molecule has 0 amide bonds. The van der Waals surface area contributed by atoms with E-state index in [2.05, 4.69) is 32.0 Å². The summed E-state index contributed by atoms with van der Waals surface area (Å²) in [6, 6.07) is 8.42. The van der Waals surface area contributed by atoms with Crippen molar-refractivity contribution in [3.63, 3.8) is 0 Å². The number of hydrogen-bond donors (Lipinski definition) is 1. The molecular formula is C13H19NO. The lowest BCUT2D eigenvalue weighted by atomic mass is 10.1. The van der Waals surface area contributed by atoms with E-state index < -0.39 is 0 Å². The van der Waals surface area contributed by atoms with Gasteiger partial charge in [0.05, 0.1) is 12.1 Å². The van der Waals surface area contributed by atoms with Gasteiger partial charge in [0.1, 0.15) is 0 Å². The minimum atomic E-state index is 0.0555. The molecule has 1 aliphatic carbocycles. The summed E-state index contributed by atoms with van der Waals surface area (Å²) in [6.07, 6.45) is 1.13. The van der Waals surface area contributed by atoms with E-state index in [-0.39, 0.29) is 12.1 Å². The second kappa shape index (κ2) is 4.33. The largest absolute Gasteiger partial charge is 0.376 e. The third-order valence-corrected chi connectivity index (χ3v) is 2.88. The van der Waals surface area contributed by atoms with Crippen molar-refractivity contribution >= 4 is 0 Å². The van der Waals surface area contributed by atoms with Crippen LogP contribution < -0.4 is 5.73 Å². The van der Waals surface area contributed by atoms with E-state index >= 15 is 0 Å². The zero-order valence-corrected chi connectivity index (χ0v) is 9.44. The highest BCUT2D eigenvalue weighted by Gasteiger charge is 2.29. The van der Waals surface area contributed by atoms with Crippen molar-refractivity contribution in [2.45, 2.75) is 32.4 Å². The Morgan fingerprint density at radius 1 is 1.40 bits per heavy atom. The van der Waals surface area contributed by atoms with Crippen molar-refractivity contribution in [2.24, 2.45) is 11.7 Å². The predicted molar refractivity (Wildman–Crippen MR) is 61.7 cm³/mol. The highest BCUT2D eigenvalue weighted by Crippen LogP contribution is 2.31. The van der Waals surface area contributed by atoms with Crippen LogP contribution in [0.15, 0.2) is 24.3 Å². The molecule has 1 aromatic rings. The molecule has 0 aliphatic heterocycles. The summed E-state index contributed by atoms with van der Waals surface area (Å²) in [4.78, 5) is 0. The van der Waals surface area contributed by atoms with Gasteiger partial charge in [-0.25, -0.2) is 0 Å². The fraction of sp³-hybridized carbons (Fsp3) is 0.538. The Kier molecular flexibility index (Phi) is 3.08. The molecule has 0 saturated carbocycles. The van der Waals surface area contributed by atoms with Crippen LogP contribution >= 0.6 is 0 Å². The molecule has 2 heteroatoms. The first kappa shape index (κ1) is 10.7. The highest BCUT2D eigenvalue weighted by atomic mass is 16.5. The molecule has 0 saturated heterocycles. The maximum Gasteiger partial charge on any atom is 0.0808 e. The van der Waals surface area contributed by atoms with E-state index in [9.17, 15) is 0 Å². The van der Waals surface area contributed by atoms with Crippen molar-refractivity contribution in [1.29, 1.82) is 0 Å². The maximum absolute atomic E-state index is 6.15. The number of ether oxygens (including phenoxy) is 1. The zero-order valence-electron chi connectivity index (χ0n) is 9.44. The first-order chi connectivity index (χ1) is 7.18. The summed E-state index contributed by atoms with van der Waals surface area (Å²) in [5, 5.41) is 0. The Morgan fingerprint density at radius 3 is 2.80 bits per heavy atom. The van der Waals surface area contributed by atoms with Crippen LogP contribution in [0.5, 0.6) is 0 Å². The normalized spacial score (nSPS) is 24.5. The smallest absolute Gasteiger partial charge is 0.0808 e. The van der Waals surface area contributed by atoms with Crippen LogP contribution in [0.4, 0.5) is 0 Å². The van der Waals surface area contributed by atoms with Crippen molar-refractivity contribution in [3.05, 3.63) is 35.4 Å². The minimum absolute atomic E-state index is 0.0555. The van der Waals surface area contributed by atoms with E-state index in [0.717, 1.165) is 13.0 Å². The topological polar surface area (TPSA) is 35.2 Å². The summed E-state index contributed by atoms with van der Waals surface area (Å²) in [5.74, 6) is 0.570. The van der Waals surface area contributed by atoms with Gasteiger partial charge in [-0.3, -0.25) is 0 Å². The van der Waals surface area contributed by atoms with Gasteiger partial charge in [-0.2, -0.15) is 0 Å². The van der Waals surface area contributed by atoms with Gasteiger partial charge < -0.3 is 10.5 Å². The number of nitrogens with two attached hydrogens (primary N) is 1. The molecule has 82 valence electrons. The molecule has 0 spiro atoms. The molecule has 2 N–H and O–H groups in total. The van der Waals surface area contributed by atoms with E-state index in [1.54, 1.807) is 0 Å².